The number of aromatic nitrogens is 1. The van der Waals surface area contributed by atoms with Gasteiger partial charge in [0.15, 0.2) is 5.69 Å². The second kappa shape index (κ2) is 6.82. The number of carbonyl (C=O) groups excluding carboxylic acids is 2. The van der Waals surface area contributed by atoms with Crippen molar-refractivity contribution in [2.75, 3.05) is 13.1 Å². The number of hydrogen-bond acceptors (Lipinski definition) is 4. The first-order chi connectivity index (χ1) is 11.5. The van der Waals surface area contributed by atoms with Gasteiger partial charge in [0, 0.05) is 25.6 Å². The average molecular weight is 331 g/mol. The zero-order valence-electron chi connectivity index (χ0n) is 13.3. The van der Waals surface area contributed by atoms with Crippen LogP contribution in [-0.4, -0.2) is 41.0 Å². The molecular weight excluding hydrogens is 313 g/mol. The van der Waals surface area contributed by atoms with Gasteiger partial charge in [-0.1, -0.05) is 17.3 Å². The molecule has 7 heteroatoms. The van der Waals surface area contributed by atoms with E-state index in [0.29, 0.717) is 25.3 Å². The average Bonchev–Trinajstić information content (AvgIpc) is 3.13. The van der Waals surface area contributed by atoms with Crippen molar-refractivity contribution in [2.24, 2.45) is 0 Å². The van der Waals surface area contributed by atoms with Crippen LogP contribution in [0.25, 0.3) is 0 Å². The summed E-state index contributed by atoms with van der Waals surface area (Å²) in [4.78, 5) is 25.8. The molecule has 2 aromatic rings. The summed E-state index contributed by atoms with van der Waals surface area (Å²) >= 11 is 0. The number of rotatable bonds is 5. The molecule has 1 fully saturated rings. The molecule has 0 spiro atoms. The third-order valence-corrected chi connectivity index (χ3v) is 3.99. The second-order valence-electron chi connectivity index (χ2n) is 5.91. The molecule has 1 aromatic carbocycles. The van der Waals surface area contributed by atoms with E-state index in [-0.39, 0.29) is 35.8 Å². The Labute approximate surface area is 138 Å². The third kappa shape index (κ3) is 3.79. The highest BCUT2D eigenvalue weighted by Crippen LogP contribution is 2.14. The van der Waals surface area contributed by atoms with E-state index < -0.39 is 0 Å². The topological polar surface area (TPSA) is 75.4 Å². The fraction of sp³-hybridized carbons (Fsp3) is 0.353. The molecule has 126 valence electrons. The van der Waals surface area contributed by atoms with E-state index in [1.165, 1.54) is 12.1 Å². The normalized spacial score (nSPS) is 17.3. The molecule has 0 aliphatic carbocycles. The Hall–Kier alpha value is -2.70. The lowest BCUT2D eigenvalue weighted by molar-refractivity contribution is -0.127. The van der Waals surface area contributed by atoms with Crippen molar-refractivity contribution in [1.82, 2.24) is 15.4 Å². The maximum absolute atomic E-state index is 12.9. The van der Waals surface area contributed by atoms with Crippen molar-refractivity contribution in [1.29, 1.82) is 0 Å². The molecule has 2 amide bonds. The molecule has 0 bridgehead atoms. The molecule has 6 nitrogen and oxygen atoms in total. The van der Waals surface area contributed by atoms with Gasteiger partial charge in [-0.25, -0.2) is 4.39 Å². The minimum Gasteiger partial charge on any atom is -0.361 e. The molecule has 0 saturated carbocycles. The van der Waals surface area contributed by atoms with Crippen LogP contribution in [0.4, 0.5) is 4.39 Å². The maximum Gasteiger partial charge on any atom is 0.273 e. The summed E-state index contributed by atoms with van der Waals surface area (Å²) in [5.74, 6) is -0.0609. The van der Waals surface area contributed by atoms with Crippen LogP contribution >= 0.6 is 0 Å². The first-order valence-electron chi connectivity index (χ1n) is 7.77. The lowest BCUT2D eigenvalue weighted by Gasteiger charge is -2.17. The molecule has 24 heavy (non-hydrogen) atoms. The summed E-state index contributed by atoms with van der Waals surface area (Å²) in [7, 11) is 0. The van der Waals surface area contributed by atoms with Gasteiger partial charge in [0.25, 0.3) is 5.91 Å². The number of nitrogens with one attached hydrogen (secondary N) is 1. The highest BCUT2D eigenvalue weighted by molar-refractivity contribution is 5.93. The minimum absolute atomic E-state index is 0.00116. The van der Waals surface area contributed by atoms with Gasteiger partial charge < -0.3 is 14.7 Å². The van der Waals surface area contributed by atoms with Crippen molar-refractivity contribution in [2.45, 2.75) is 25.8 Å². The van der Waals surface area contributed by atoms with Gasteiger partial charge in [-0.3, -0.25) is 9.59 Å². The van der Waals surface area contributed by atoms with Crippen LogP contribution in [0, 0.1) is 12.7 Å². The molecule has 2 heterocycles. The van der Waals surface area contributed by atoms with E-state index in [1.807, 2.05) is 0 Å². The predicted octanol–water partition coefficient (Wildman–Crippen LogP) is 1.70. The molecule has 0 unspecified atom stereocenters. The molecule has 3 rings (SSSR count). The van der Waals surface area contributed by atoms with E-state index in [1.54, 1.807) is 30.0 Å². The van der Waals surface area contributed by atoms with Gasteiger partial charge in [-0.2, -0.15) is 0 Å². The Kier molecular flexibility index (Phi) is 4.59. The summed E-state index contributed by atoms with van der Waals surface area (Å²) in [6, 6.07) is 7.55. The highest BCUT2D eigenvalue weighted by Gasteiger charge is 2.30. The van der Waals surface area contributed by atoms with Gasteiger partial charge in [0.1, 0.15) is 11.6 Å². The SMILES string of the molecule is Cc1cc(C(=O)N[C@H]2CC(=O)N(CCc3ccc(F)cc3)C2)no1. The second-order valence-corrected chi connectivity index (χ2v) is 5.91. The standard InChI is InChI=1S/C17H18FN3O3/c1-11-8-15(20-24-11)17(23)19-14-9-16(22)21(10-14)7-6-12-2-4-13(18)5-3-12/h2-5,8,14H,6-7,9-10H2,1H3,(H,19,23)/t14-/m0/s1. The van der Waals surface area contributed by atoms with E-state index >= 15 is 0 Å². The van der Waals surface area contributed by atoms with Crippen LogP contribution in [0.2, 0.25) is 0 Å². The van der Waals surface area contributed by atoms with Gasteiger partial charge in [0.2, 0.25) is 5.91 Å². The van der Waals surface area contributed by atoms with Crippen LogP contribution < -0.4 is 5.32 Å². The zero-order chi connectivity index (χ0) is 17.1. The monoisotopic (exact) mass is 331 g/mol. The largest absolute Gasteiger partial charge is 0.361 e. The fourth-order valence-electron chi connectivity index (χ4n) is 2.73. The minimum atomic E-state index is -0.343. The smallest absolute Gasteiger partial charge is 0.273 e. The van der Waals surface area contributed by atoms with Crippen molar-refractivity contribution in [3.8, 4) is 0 Å². The Balaban J connectivity index is 1.51. The Morgan fingerprint density at radius 1 is 1.42 bits per heavy atom. The van der Waals surface area contributed by atoms with Crippen LogP contribution in [0.5, 0.6) is 0 Å². The fourth-order valence-corrected chi connectivity index (χ4v) is 2.73. The summed E-state index contributed by atoms with van der Waals surface area (Å²) < 4.78 is 17.8. The Morgan fingerprint density at radius 3 is 2.83 bits per heavy atom. The molecule has 1 atom stereocenters. The third-order valence-electron chi connectivity index (χ3n) is 3.99. The first-order valence-corrected chi connectivity index (χ1v) is 7.77. The number of likely N-dealkylation sites (tertiary alicyclic amines) is 1. The summed E-state index contributed by atoms with van der Waals surface area (Å²) in [6.07, 6.45) is 0.918. The summed E-state index contributed by atoms with van der Waals surface area (Å²) in [5, 5.41) is 6.46. The number of nitrogens with zero attached hydrogens (tertiary/aromatic N) is 2. The molecule has 1 aromatic heterocycles. The molecule has 0 radical (unpaired) electrons. The Bertz CT molecular complexity index is 742. The van der Waals surface area contributed by atoms with E-state index in [2.05, 4.69) is 10.5 Å². The predicted molar refractivity (Wildman–Crippen MR) is 83.8 cm³/mol. The van der Waals surface area contributed by atoms with Crippen molar-refractivity contribution in [3.05, 3.63) is 53.2 Å². The zero-order valence-corrected chi connectivity index (χ0v) is 13.3. The van der Waals surface area contributed by atoms with Gasteiger partial charge in [-0.15, -0.1) is 0 Å². The van der Waals surface area contributed by atoms with Crippen LogP contribution in [-0.2, 0) is 11.2 Å². The van der Waals surface area contributed by atoms with Crippen LogP contribution in [0.3, 0.4) is 0 Å². The van der Waals surface area contributed by atoms with Gasteiger partial charge in [-0.05, 0) is 31.0 Å². The number of aryl methyl sites for hydroxylation is 1. The van der Waals surface area contributed by atoms with Crippen LogP contribution in [0.15, 0.2) is 34.9 Å². The first kappa shape index (κ1) is 16.2. The number of hydrogen-bond donors (Lipinski definition) is 1. The number of carbonyl (C=O) groups is 2. The molecule has 1 N–H and O–H groups in total. The number of amides is 2. The lowest BCUT2D eigenvalue weighted by Crippen LogP contribution is -2.37. The van der Waals surface area contributed by atoms with Gasteiger partial charge in [0.05, 0.1) is 6.04 Å². The van der Waals surface area contributed by atoms with Crippen molar-refractivity contribution >= 4 is 11.8 Å². The molecule has 1 aliphatic heterocycles. The van der Waals surface area contributed by atoms with Crippen molar-refractivity contribution < 1.29 is 18.5 Å². The Morgan fingerprint density at radius 2 is 2.17 bits per heavy atom. The van der Waals surface area contributed by atoms with Crippen LogP contribution in [0.1, 0.15) is 28.2 Å². The molecule has 1 saturated heterocycles. The van der Waals surface area contributed by atoms with E-state index in [4.69, 9.17) is 4.52 Å². The van der Waals surface area contributed by atoms with E-state index in [0.717, 1.165) is 5.56 Å². The quantitative estimate of drug-likeness (QED) is 0.905. The summed E-state index contributed by atoms with van der Waals surface area (Å²) in [6.45, 7) is 2.71. The van der Waals surface area contributed by atoms with Gasteiger partial charge >= 0.3 is 0 Å². The number of halogens is 1. The maximum atomic E-state index is 12.9. The summed E-state index contributed by atoms with van der Waals surface area (Å²) in [5.41, 5.74) is 1.18. The lowest BCUT2D eigenvalue weighted by atomic mass is 10.1. The number of benzene rings is 1. The van der Waals surface area contributed by atoms with Crippen molar-refractivity contribution in [3.63, 3.8) is 0 Å². The van der Waals surface area contributed by atoms with E-state index in [9.17, 15) is 14.0 Å². The molecular formula is C17H18FN3O3. The molecule has 1 aliphatic rings. The highest BCUT2D eigenvalue weighted by atomic mass is 19.1.